The lowest BCUT2D eigenvalue weighted by Gasteiger charge is -2.10. The average Bonchev–Trinajstić information content (AvgIpc) is 2.68. The Morgan fingerprint density at radius 2 is 1.58 bits per heavy atom. The summed E-state index contributed by atoms with van der Waals surface area (Å²) in [4.78, 5) is 10.5. The molecule has 0 unspecified atom stereocenters. The molecule has 0 heterocycles. The van der Waals surface area contributed by atoms with Gasteiger partial charge in [-0.1, -0.05) is 32.0 Å². The van der Waals surface area contributed by atoms with Crippen molar-refractivity contribution in [2.24, 2.45) is 0 Å². The number of hydrogen-bond donors (Lipinski definition) is 1. The van der Waals surface area contributed by atoms with Gasteiger partial charge < -0.3 is 19.3 Å². The smallest absolute Gasteiger partial charge is 0.341 e. The van der Waals surface area contributed by atoms with E-state index in [2.05, 4.69) is 0 Å². The molecule has 0 aliphatic rings. The van der Waals surface area contributed by atoms with E-state index in [9.17, 15) is 4.79 Å². The van der Waals surface area contributed by atoms with Crippen molar-refractivity contribution < 1.29 is 24.1 Å². The van der Waals surface area contributed by atoms with Crippen LogP contribution in [-0.4, -0.2) is 31.9 Å². The molecular weight excluding hydrogens is 332 g/mol. The summed E-state index contributed by atoms with van der Waals surface area (Å²) in [6, 6.07) is 13.5. The van der Waals surface area contributed by atoms with Gasteiger partial charge in [-0.25, -0.2) is 4.79 Å². The van der Waals surface area contributed by atoms with Crippen LogP contribution >= 0.6 is 0 Å². The van der Waals surface area contributed by atoms with E-state index >= 15 is 0 Å². The first kappa shape index (κ1) is 21.4. The summed E-state index contributed by atoms with van der Waals surface area (Å²) < 4.78 is 15.7. The number of aliphatic carboxylic acids is 1. The Morgan fingerprint density at radius 3 is 2.19 bits per heavy atom. The molecule has 0 amide bonds. The van der Waals surface area contributed by atoms with Crippen LogP contribution in [0.1, 0.15) is 31.4 Å². The zero-order chi connectivity index (χ0) is 19.4. The van der Waals surface area contributed by atoms with E-state index in [-0.39, 0.29) is 6.61 Å². The van der Waals surface area contributed by atoms with Gasteiger partial charge in [-0.3, -0.25) is 0 Å². The normalized spacial score (nSPS) is 9.69. The van der Waals surface area contributed by atoms with Crippen LogP contribution in [-0.2, 0) is 17.6 Å². The third-order valence-corrected chi connectivity index (χ3v) is 3.64. The summed E-state index contributed by atoms with van der Waals surface area (Å²) in [5, 5.41) is 8.65. The second-order valence-corrected chi connectivity index (χ2v) is 5.37. The lowest BCUT2D eigenvalue weighted by atomic mass is 10.0. The van der Waals surface area contributed by atoms with E-state index in [4.69, 9.17) is 19.3 Å². The molecule has 0 aliphatic heterocycles. The molecule has 5 heteroatoms. The topological polar surface area (TPSA) is 65.0 Å². The van der Waals surface area contributed by atoms with Crippen molar-refractivity contribution in [3.05, 3.63) is 53.6 Å². The Morgan fingerprint density at radius 1 is 0.923 bits per heavy atom. The zero-order valence-corrected chi connectivity index (χ0v) is 16.0. The number of carboxylic acid groups (broad SMARTS) is 1. The molecule has 2 aromatic rings. The second kappa shape index (κ2) is 11.8. The van der Waals surface area contributed by atoms with Gasteiger partial charge in [0.05, 0.1) is 14.2 Å². The SMILES string of the molecule is CC.COc1ccc(CCCc2cccc(OCC(=O)O)c2)cc1OC. The first-order valence-electron chi connectivity index (χ1n) is 8.77. The molecule has 2 rings (SSSR count). The molecule has 0 aliphatic carbocycles. The summed E-state index contributed by atoms with van der Waals surface area (Å²) >= 11 is 0. The predicted octanol–water partition coefficient (Wildman–Crippen LogP) is 4.37. The number of hydrogen-bond acceptors (Lipinski definition) is 4. The maximum atomic E-state index is 10.5. The highest BCUT2D eigenvalue weighted by molar-refractivity contribution is 5.68. The number of aryl methyl sites for hydroxylation is 2. The fourth-order valence-corrected chi connectivity index (χ4v) is 2.47. The highest BCUT2D eigenvalue weighted by Gasteiger charge is 2.05. The highest BCUT2D eigenvalue weighted by atomic mass is 16.5. The Kier molecular flexibility index (Phi) is 9.69. The number of carbonyl (C=O) groups is 1. The minimum Gasteiger partial charge on any atom is -0.493 e. The molecule has 0 atom stereocenters. The minimum absolute atomic E-state index is 0.324. The van der Waals surface area contributed by atoms with Crippen LogP contribution in [0.25, 0.3) is 0 Å². The molecule has 26 heavy (non-hydrogen) atoms. The largest absolute Gasteiger partial charge is 0.493 e. The molecule has 0 spiro atoms. The Hall–Kier alpha value is -2.69. The number of methoxy groups -OCH3 is 2. The van der Waals surface area contributed by atoms with Gasteiger partial charge in [0.15, 0.2) is 18.1 Å². The lowest BCUT2D eigenvalue weighted by molar-refractivity contribution is -0.139. The van der Waals surface area contributed by atoms with Gasteiger partial charge in [-0.15, -0.1) is 0 Å². The number of rotatable bonds is 9. The summed E-state index contributed by atoms with van der Waals surface area (Å²) in [6.07, 6.45) is 2.77. The van der Waals surface area contributed by atoms with Crippen molar-refractivity contribution >= 4 is 5.97 Å². The zero-order valence-electron chi connectivity index (χ0n) is 16.0. The first-order valence-corrected chi connectivity index (χ1v) is 8.77. The molecule has 0 fully saturated rings. The van der Waals surface area contributed by atoms with Gasteiger partial charge >= 0.3 is 5.97 Å². The Balaban J connectivity index is 0.00000163. The van der Waals surface area contributed by atoms with Gasteiger partial charge in [0, 0.05) is 0 Å². The van der Waals surface area contributed by atoms with Crippen molar-refractivity contribution in [1.82, 2.24) is 0 Å². The molecule has 0 saturated carbocycles. The van der Waals surface area contributed by atoms with E-state index in [1.165, 1.54) is 5.56 Å². The third-order valence-electron chi connectivity index (χ3n) is 3.64. The summed E-state index contributed by atoms with van der Waals surface area (Å²) in [7, 11) is 3.25. The Labute approximate surface area is 155 Å². The van der Waals surface area contributed by atoms with Crippen LogP contribution in [0.2, 0.25) is 0 Å². The fourth-order valence-electron chi connectivity index (χ4n) is 2.47. The van der Waals surface area contributed by atoms with Gasteiger partial charge in [0.1, 0.15) is 5.75 Å². The van der Waals surface area contributed by atoms with Crippen LogP contribution in [0, 0.1) is 0 Å². The molecule has 0 bridgehead atoms. The van der Waals surface area contributed by atoms with Gasteiger partial charge in [0.25, 0.3) is 0 Å². The van der Waals surface area contributed by atoms with Crippen molar-refractivity contribution in [2.75, 3.05) is 20.8 Å². The van der Waals surface area contributed by atoms with E-state index in [0.717, 1.165) is 36.3 Å². The summed E-state index contributed by atoms with van der Waals surface area (Å²) in [6.45, 7) is 3.68. The number of ether oxygens (including phenoxy) is 3. The van der Waals surface area contributed by atoms with Crippen molar-refractivity contribution in [3.63, 3.8) is 0 Å². The van der Waals surface area contributed by atoms with Crippen LogP contribution in [0.15, 0.2) is 42.5 Å². The van der Waals surface area contributed by atoms with E-state index in [0.29, 0.717) is 5.75 Å². The molecule has 0 saturated heterocycles. The molecule has 0 radical (unpaired) electrons. The van der Waals surface area contributed by atoms with E-state index in [1.54, 1.807) is 20.3 Å². The van der Waals surface area contributed by atoms with Crippen molar-refractivity contribution in [1.29, 1.82) is 0 Å². The molecule has 0 aromatic heterocycles. The van der Waals surface area contributed by atoms with Crippen molar-refractivity contribution in [3.8, 4) is 17.2 Å². The monoisotopic (exact) mass is 360 g/mol. The third kappa shape index (κ3) is 7.05. The van der Waals surface area contributed by atoms with Gasteiger partial charge in [-0.2, -0.15) is 0 Å². The minimum atomic E-state index is -0.978. The average molecular weight is 360 g/mol. The lowest BCUT2D eigenvalue weighted by Crippen LogP contribution is -2.09. The molecule has 5 nitrogen and oxygen atoms in total. The molecule has 2 aromatic carbocycles. The second-order valence-electron chi connectivity index (χ2n) is 5.37. The Bertz CT molecular complexity index is 682. The van der Waals surface area contributed by atoms with Crippen molar-refractivity contribution in [2.45, 2.75) is 33.1 Å². The quantitative estimate of drug-likeness (QED) is 0.719. The maximum absolute atomic E-state index is 10.5. The summed E-state index contributed by atoms with van der Waals surface area (Å²) in [5.74, 6) is 1.07. The predicted molar refractivity (Wildman–Crippen MR) is 102 cm³/mol. The van der Waals surface area contributed by atoms with E-state index in [1.807, 2.05) is 50.2 Å². The standard InChI is InChI=1S/C19H22O5.C2H6/c1-22-17-10-9-15(12-18(17)23-2)6-3-5-14-7-4-8-16(11-14)24-13-19(20)21;1-2/h4,7-12H,3,5-6,13H2,1-2H3,(H,20,21);1-2H3. The first-order chi connectivity index (χ1) is 12.6. The highest BCUT2D eigenvalue weighted by Crippen LogP contribution is 2.28. The van der Waals surface area contributed by atoms with Crippen LogP contribution in [0.5, 0.6) is 17.2 Å². The number of carboxylic acids is 1. The maximum Gasteiger partial charge on any atom is 0.341 e. The molecule has 1 N–H and O–H groups in total. The summed E-state index contributed by atoms with van der Waals surface area (Å²) in [5.41, 5.74) is 2.31. The fraction of sp³-hybridized carbons (Fsp3) is 0.381. The van der Waals surface area contributed by atoms with Crippen LogP contribution in [0.3, 0.4) is 0 Å². The number of benzene rings is 2. The van der Waals surface area contributed by atoms with Crippen LogP contribution in [0.4, 0.5) is 0 Å². The van der Waals surface area contributed by atoms with E-state index < -0.39 is 5.97 Å². The van der Waals surface area contributed by atoms with Gasteiger partial charge in [0.2, 0.25) is 0 Å². The molecular formula is C21H28O5. The van der Waals surface area contributed by atoms with Gasteiger partial charge in [-0.05, 0) is 54.7 Å². The van der Waals surface area contributed by atoms with Crippen LogP contribution < -0.4 is 14.2 Å². The molecule has 142 valence electrons.